The Labute approximate surface area is 134 Å². The van der Waals surface area contributed by atoms with Crippen molar-refractivity contribution in [3.63, 3.8) is 0 Å². The van der Waals surface area contributed by atoms with E-state index in [1.54, 1.807) is 0 Å². The van der Waals surface area contributed by atoms with Crippen molar-refractivity contribution in [2.24, 2.45) is 5.92 Å². The van der Waals surface area contributed by atoms with Gasteiger partial charge in [-0.25, -0.2) is 0 Å². The van der Waals surface area contributed by atoms with Gasteiger partial charge in [0.25, 0.3) is 0 Å². The molecule has 0 radical (unpaired) electrons. The average molecular weight is 314 g/mol. The van der Waals surface area contributed by atoms with Crippen LogP contribution in [-0.2, 0) is 22.4 Å². The summed E-state index contributed by atoms with van der Waals surface area (Å²) in [5.41, 5.74) is 1.05. The molecule has 1 aliphatic heterocycles. The van der Waals surface area contributed by atoms with Gasteiger partial charge in [-0.2, -0.15) is 0 Å². The van der Waals surface area contributed by atoms with E-state index in [9.17, 15) is 9.59 Å². The van der Waals surface area contributed by atoms with Gasteiger partial charge in [0.05, 0.1) is 5.92 Å². The maximum atomic E-state index is 11.5. The molecule has 5 nitrogen and oxygen atoms in total. The van der Waals surface area contributed by atoms with Crippen molar-refractivity contribution in [1.82, 2.24) is 0 Å². The molecule has 0 saturated heterocycles. The predicted octanol–water partition coefficient (Wildman–Crippen LogP) is 2.94. The molecule has 1 aromatic heterocycles. The lowest BCUT2D eigenvalue weighted by molar-refractivity contribution is -0.130. The molecule has 2 heterocycles. The zero-order valence-corrected chi connectivity index (χ0v) is 13.1. The summed E-state index contributed by atoms with van der Waals surface area (Å²) in [6.45, 7) is 3.12. The molecule has 0 fully saturated rings. The van der Waals surface area contributed by atoms with Crippen LogP contribution in [-0.4, -0.2) is 18.4 Å². The van der Waals surface area contributed by atoms with Gasteiger partial charge in [0.1, 0.15) is 23.1 Å². The van der Waals surface area contributed by atoms with E-state index >= 15 is 0 Å². The largest absolute Gasteiger partial charge is 0.466 e. The molecule has 120 valence electrons. The van der Waals surface area contributed by atoms with Crippen molar-refractivity contribution in [1.29, 1.82) is 0 Å². The van der Waals surface area contributed by atoms with Crippen LogP contribution in [0.1, 0.15) is 30.9 Å². The fourth-order valence-corrected chi connectivity index (χ4v) is 2.65. The number of ketones is 2. The Hall–Kier alpha value is -2.56. The monoisotopic (exact) mass is 314 g/mol. The Morgan fingerprint density at radius 1 is 1.00 bits per heavy atom. The highest BCUT2D eigenvalue weighted by atomic mass is 16.7. The number of carbonyl (C=O) groups is 2. The molecule has 0 bridgehead atoms. The van der Waals surface area contributed by atoms with Crippen molar-refractivity contribution in [2.45, 2.75) is 26.7 Å². The maximum Gasteiger partial charge on any atom is 0.231 e. The number of rotatable bonds is 6. The summed E-state index contributed by atoms with van der Waals surface area (Å²) in [4.78, 5) is 23.0. The molecule has 0 aliphatic carbocycles. The highest BCUT2D eigenvalue weighted by molar-refractivity contribution is 6.00. The van der Waals surface area contributed by atoms with Gasteiger partial charge in [-0.3, -0.25) is 9.59 Å². The number of carbonyl (C=O) groups excluding carboxylic acids is 2. The number of furan rings is 1. The molecule has 0 spiro atoms. The molecule has 5 heteroatoms. The second-order valence-electron chi connectivity index (χ2n) is 5.71. The first-order valence-electron chi connectivity index (χ1n) is 7.50. The highest BCUT2D eigenvalue weighted by Gasteiger charge is 2.21. The lowest BCUT2D eigenvalue weighted by atomic mass is 9.96. The summed E-state index contributed by atoms with van der Waals surface area (Å²) in [7, 11) is 0. The van der Waals surface area contributed by atoms with E-state index < -0.39 is 5.92 Å². The van der Waals surface area contributed by atoms with Crippen molar-refractivity contribution in [3.8, 4) is 11.5 Å². The second kappa shape index (κ2) is 6.28. The van der Waals surface area contributed by atoms with E-state index in [1.807, 2.05) is 30.3 Å². The summed E-state index contributed by atoms with van der Waals surface area (Å²) in [6, 6.07) is 9.46. The van der Waals surface area contributed by atoms with Crippen molar-refractivity contribution in [3.05, 3.63) is 47.4 Å². The van der Waals surface area contributed by atoms with E-state index in [0.29, 0.717) is 18.6 Å². The Balaban J connectivity index is 1.70. The van der Waals surface area contributed by atoms with Gasteiger partial charge in [-0.1, -0.05) is 6.07 Å². The topological polar surface area (TPSA) is 65.7 Å². The first kappa shape index (κ1) is 15.3. The summed E-state index contributed by atoms with van der Waals surface area (Å²) in [5.74, 6) is 2.03. The molecule has 1 aliphatic rings. The minimum Gasteiger partial charge on any atom is -0.466 e. The van der Waals surface area contributed by atoms with Gasteiger partial charge in [-0.05, 0) is 43.7 Å². The van der Waals surface area contributed by atoms with Gasteiger partial charge < -0.3 is 13.9 Å². The summed E-state index contributed by atoms with van der Waals surface area (Å²) >= 11 is 0. The fourth-order valence-electron chi connectivity index (χ4n) is 2.65. The number of ether oxygens (including phenoxy) is 2. The zero-order chi connectivity index (χ0) is 16.4. The summed E-state index contributed by atoms with van der Waals surface area (Å²) in [5, 5.41) is 0. The van der Waals surface area contributed by atoms with Crippen LogP contribution in [0.2, 0.25) is 0 Å². The number of Topliss-reactive ketones (excluding diaryl/α,β-unsaturated/α-hetero) is 2. The van der Waals surface area contributed by atoms with Crippen LogP contribution < -0.4 is 9.47 Å². The second-order valence-corrected chi connectivity index (χ2v) is 5.71. The van der Waals surface area contributed by atoms with Crippen molar-refractivity contribution in [2.75, 3.05) is 6.79 Å². The lowest BCUT2D eigenvalue weighted by Crippen LogP contribution is -2.21. The molecular formula is C18H18O5. The van der Waals surface area contributed by atoms with Crippen LogP contribution in [0.25, 0.3) is 0 Å². The highest BCUT2D eigenvalue weighted by Crippen LogP contribution is 2.33. The molecule has 0 amide bonds. The van der Waals surface area contributed by atoms with Crippen LogP contribution in [0.15, 0.2) is 34.7 Å². The normalized spacial score (nSPS) is 12.7. The van der Waals surface area contributed by atoms with Gasteiger partial charge >= 0.3 is 0 Å². The van der Waals surface area contributed by atoms with Crippen LogP contribution in [0.5, 0.6) is 11.5 Å². The Morgan fingerprint density at radius 3 is 2.43 bits per heavy atom. The summed E-state index contributed by atoms with van der Waals surface area (Å²) < 4.78 is 16.4. The van der Waals surface area contributed by atoms with Gasteiger partial charge in [0.15, 0.2) is 11.5 Å². The SMILES string of the molecule is CC(=O)C(Cc1ccc(Cc2ccc3c(c2)OCO3)o1)C(C)=O. The molecule has 2 aromatic rings. The van der Waals surface area contributed by atoms with E-state index in [1.165, 1.54) is 13.8 Å². The molecule has 3 rings (SSSR count). The standard InChI is InChI=1S/C18H18O5/c1-11(19)16(12(2)20)9-15-5-4-14(23-15)7-13-3-6-17-18(8-13)22-10-21-17/h3-6,8,16H,7,9-10H2,1-2H3. The third-order valence-electron chi connectivity index (χ3n) is 3.92. The molecular weight excluding hydrogens is 296 g/mol. The Bertz CT molecular complexity index is 730. The predicted molar refractivity (Wildman–Crippen MR) is 82.6 cm³/mol. The molecule has 1 aromatic carbocycles. The van der Waals surface area contributed by atoms with Gasteiger partial charge in [0.2, 0.25) is 6.79 Å². The third-order valence-corrected chi connectivity index (χ3v) is 3.92. The molecule has 23 heavy (non-hydrogen) atoms. The lowest BCUT2D eigenvalue weighted by Gasteiger charge is -2.07. The molecule has 0 N–H and O–H groups in total. The molecule has 0 saturated carbocycles. The maximum absolute atomic E-state index is 11.5. The van der Waals surface area contributed by atoms with Crippen LogP contribution in [0, 0.1) is 5.92 Å². The third kappa shape index (κ3) is 3.44. The van der Waals surface area contributed by atoms with E-state index in [-0.39, 0.29) is 18.4 Å². The quantitative estimate of drug-likeness (QED) is 0.767. The van der Waals surface area contributed by atoms with E-state index in [0.717, 1.165) is 22.8 Å². The van der Waals surface area contributed by atoms with Crippen LogP contribution >= 0.6 is 0 Å². The Kier molecular flexibility index (Phi) is 4.19. The fraction of sp³-hybridized carbons (Fsp3) is 0.333. The first-order chi connectivity index (χ1) is 11.0. The number of benzene rings is 1. The summed E-state index contributed by atoms with van der Waals surface area (Å²) in [6.07, 6.45) is 0.924. The number of hydrogen-bond acceptors (Lipinski definition) is 5. The van der Waals surface area contributed by atoms with Gasteiger partial charge in [-0.15, -0.1) is 0 Å². The zero-order valence-electron chi connectivity index (χ0n) is 13.1. The molecule has 0 unspecified atom stereocenters. The number of fused-ring (bicyclic) bond motifs is 1. The van der Waals surface area contributed by atoms with Crippen LogP contribution in [0.4, 0.5) is 0 Å². The smallest absolute Gasteiger partial charge is 0.231 e. The first-order valence-corrected chi connectivity index (χ1v) is 7.50. The van der Waals surface area contributed by atoms with Gasteiger partial charge in [0, 0.05) is 12.8 Å². The number of hydrogen-bond donors (Lipinski definition) is 0. The minimum atomic E-state index is -0.625. The molecule has 0 atom stereocenters. The van der Waals surface area contributed by atoms with Crippen molar-refractivity contribution >= 4 is 11.6 Å². The average Bonchev–Trinajstić information content (AvgIpc) is 3.12. The van der Waals surface area contributed by atoms with Crippen molar-refractivity contribution < 1.29 is 23.5 Å². The van der Waals surface area contributed by atoms with E-state index in [4.69, 9.17) is 13.9 Å². The minimum absolute atomic E-state index is 0.133. The van der Waals surface area contributed by atoms with Crippen LogP contribution in [0.3, 0.4) is 0 Å². The Morgan fingerprint density at radius 2 is 1.70 bits per heavy atom. The van der Waals surface area contributed by atoms with E-state index in [2.05, 4.69) is 0 Å².